The molecule has 0 heterocycles. The molecule has 0 aliphatic rings. The number of carboxylic acids is 1. The summed E-state index contributed by atoms with van der Waals surface area (Å²) in [5.74, 6) is -3.09. The maximum absolute atomic E-state index is 13.1. The van der Waals surface area contributed by atoms with Gasteiger partial charge in [-0.1, -0.05) is 6.07 Å². The fourth-order valence-corrected chi connectivity index (χ4v) is 1.08. The highest BCUT2D eigenvalue weighted by Crippen LogP contribution is 2.30. The fraction of sp³-hybridized carbons (Fsp3) is 0.222. The van der Waals surface area contributed by atoms with Crippen LogP contribution in [-0.4, -0.2) is 5.97 Å². The van der Waals surface area contributed by atoms with Gasteiger partial charge in [-0.05, 0) is 12.1 Å². The van der Waals surface area contributed by atoms with Crippen molar-refractivity contribution in [3.8, 4) is 0 Å². The average Bonchev–Trinajstić information content (AvgIpc) is 2.15. The average molecular weight is 236 g/mol. The largest absolute Gasteiger partial charge is 0.548 e. The van der Waals surface area contributed by atoms with Crippen LogP contribution in [-0.2, 0) is 11.0 Å². The second-order valence-electron chi connectivity index (χ2n) is 3.03. The molecule has 2 N–H and O–H groups in total. The maximum Gasteiger partial charge on any atom is 0.416 e. The number of halogens is 4. The molecule has 1 unspecified atom stereocenters. The summed E-state index contributed by atoms with van der Waals surface area (Å²) < 4.78 is 49.5. The number of carboxylic acid groups (broad SMARTS) is 1. The quantitative estimate of drug-likeness (QED) is 0.764. The van der Waals surface area contributed by atoms with Crippen molar-refractivity contribution in [2.45, 2.75) is 12.2 Å². The summed E-state index contributed by atoms with van der Waals surface area (Å²) in [4.78, 5) is 10.3. The molecule has 0 spiro atoms. The molecule has 0 saturated heterocycles. The lowest BCUT2D eigenvalue weighted by molar-refractivity contribution is -0.307. The van der Waals surface area contributed by atoms with E-state index in [9.17, 15) is 27.5 Å². The summed E-state index contributed by atoms with van der Waals surface area (Å²) in [7, 11) is 0. The van der Waals surface area contributed by atoms with Gasteiger partial charge in [0.15, 0.2) is 0 Å². The molecule has 16 heavy (non-hydrogen) atoms. The third-order valence-corrected chi connectivity index (χ3v) is 1.92. The molecule has 88 valence electrons. The van der Waals surface area contributed by atoms with Gasteiger partial charge in [0.05, 0.1) is 17.6 Å². The van der Waals surface area contributed by atoms with E-state index < -0.39 is 35.1 Å². The van der Waals surface area contributed by atoms with E-state index >= 15 is 0 Å². The van der Waals surface area contributed by atoms with Crippen LogP contribution in [0.25, 0.3) is 0 Å². The van der Waals surface area contributed by atoms with Crippen LogP contribution in [0.15, 0.2) is 18.2 Å². The highest BCUT2D eigenvalue weighted by molar-refractivity contribution is 5.73. The molecule has 3 nitrogen and oxygen atoms in total. The second-order valence-corrected chi connectivity index (χ2v) is 3.03. The molecule has 1 atom stereocenters. The standard InChI is InChI=1S/C9H7F4NO2/c10-6-3-4(9(11,12)13)1-2-5(6)7(14)8(15)16/h1-3,7H,14H2,(H,15,16)/p-1. The molecule has 0 amide bonds. The molecular formula is C9H6F4NO2-. The highest BCUT2D eigenvalue weighted by Gasteiger charge is 2.31. The van der Waals surface area contributed by atoms with Crippen LogP contribution in [0.5, 0.6) is 0 Å². The molecule has 0 radical (unpaired) electrons. The van der Waals surface area contributed by atoms with Crippen LogP contribution in [0.2, 0.25) is 0 Å². The van der Waals surface area contributed by atoms with Gasteiger partial charge in [0, 0.05) is 5.56 Å². The van der Waals surface area contributed by atoms with Gasteiger partial charge in [0.1, 0.15) is 5.82 Å². The van der Waals surface area contributed by atoms with Crippen molar-refractivity contribution < 1.29 is 27.5 Å². The lowest BCUT2D eigenvalue weighted by Crippen LogP contribution is -2.35. The first-order chi connectivity index (χ1) is 7.23. The third-order valence-electron chi connectivity index (χ3n) is 1.92. The van der Waals surface area contributed by atoms with Gasteiger partial charge in [-0.2, -0.15) is 13.2 Å². The van der Waals surface area contributed by atoms with Gasteiger partial charge < -0.3 is 15.6 Å². The van der Waals surface area contributed by atoms with E-state index in [1.807, 2.05) is 0 Å². The fourth-order valence-electron chi connectivity index (χ4n) is 1.08. The summed E-state index contributed by atoms with van der Waals surface area (Å²) in [5.41, 5.74) is 3.26. The predicted octanol–water partition coefficient (Wildman–Crippen LogP) is 0.594. The zero-order valence-corrected chi connectivity index (χ0v) is 7.72. The number of alkyl halides is 3. The minimum absolute atomic E-state index is 0.193. The Morgan fingerprint density at radius 1 is 1.38 bits per heavy atom. The molecule has 0 aromatic heterocycles. The number of carbonyl (C=O) groups excluding carboxylic acids is 1. The number of rotatable bonds is 2. The van der Waals surface area contributed by atoms with E-state index in [1.54, 1.807) is 0 Å². The van der Waals surface area contributed by atoms with Gasteiger partial charge >= 0.3 is 6.18 Å². The molecule has 1 aromatic rings. The lowest BCUT2D eigenvalue weighted by Gasteiger charge is -2.15. The zero-order chi connectivity index (χ0) is 12.5. The molecule has 1 aromatic carbocycles. The Balaban J connectivity index is 3.15. The van der Waals surface area contributed by atoms with Crippen molar-refractivity contribution in [1.82, 2.24) is 0 Å². The summed E-state index contributed by atoms with van der Waals surface area (Å²) in [6.07, 6.45) is -4.69. The maximum atomic E-state index is 13.1. The number of hydrogen-bond acceptors (Lipinski definition) is 3. The smallest absolute Gasteiger partial charge is 0.416 e. The minimum atomic E-state index is -4.69. The third kappa shape index (κ3) is 2.48. The van der Waals surface area contributed by atoms with Crippen LogP contribution < -0.4 is 10.8 Å². The number of carbonyl (C=O) groups is 1. The monoisotopic (exact) mass is 236 g/mol. The zero-order valence-electron chi connectivity index (χ0n) is 7.72. The van der Waals surface area contributed by atoms with Gasteiger partial charge in [0.2, 0.25) is 0 Å². The van der Waals surface area contributed by atoms with Crippen molar-refractivity contribution in [3.05, 3.63) is 35.1 Å². The van der Waals surface area contributed by atoms with Crippen molar-refractivity contribution in [2.24, 2.45) is 5.73 Å². The first-order valence-corrected chi connectivity index (χ1v) is 4.06. The molecule has 0 aliphatic heterocycles. The minimum Gasteiger partial charge on any atom is -0.548 e. The van der Waals surface area contributed by atoms with Gasteiger partial charge in [0.25, 0.3) is 0 Å². The molecule has 0 aliphatic carbocycles. The van der Waals surface area contributed by atoms with Crippen molar-refractivity contribution in [3.63, 3.8) is 0 Å². The van der Waals surface area contributed by atoms with Crippen molar-refractivity contribution in [2.75, 3.05) is 0 Å². The van der Waals surface area contributed by atoms with Crippen molar-refractivity contribution >= 4 is 5.97 Å². The van der Waals surface area contributed by atoms with Crippen LogP contribution in [0.1, 0.15) is 17.2 Å². The molecule has 0 bridgehead atoms. The van der Waals surface area contributed by atoms with E-state index in [2.05, 4.69) is 0 Å². The lowest BCUT2D eigenvalue weighted by atomic mass is 10.0. The summed E-state index contributed by atoms with van der Waals surface area (Å²) in [5, 5.41) is 10.3. The predicted molar refractivity (Wildman–Crippen MR) is 43.3 cm³/mol. The second kappa shape index (κ2) is 4.09. The Morgan fingerprint density at radius 2 is 1.94 bits per heavy atom. The van der Waals surface area contributed by atoms with Crippen LogP contribution in [0, 0.1) is 5.82 Å². The Labute approximate surface area is 87.5 Å². The Morgan fingerprint density at radius 3 is 2.31 bits per heavy atom. The number of benzene rings is 1. The normalized spacial score (nSPS) is 13.6. The summed E-state index contributed by atoms with van der Waals surface area (Å²) in [6.45, 7) is 0. The Bertz CT molecular complexity index is 416. The van der Waals surface area contributed by atoms with E-state index in [4.69, 9.17) is 5.73 Å². The SMILES string of the molecule is NC(C(=O)[O-])c1ccc(C(F)(F)F)cc1F. The molecule has 7 heteroatoms. The van der Waals surface area contributed by atoms with Gasteiger partial charge in [-0.25, -0.2) is 4.39 Å². The number of hydrogen-bond donors (Lipinski definition) is 1. The topological polar surface area (TPSA) is 66.2 Å². The van der Waals surface area contributed by atoms with Crippen LogP contribution in [0.4, 0.5) is 17.6 Å². The molecule has 0 fully saturated rings. The highest BCUT2D eigenvalue weighted by atomic mass is 19.4. The van der Waals surface area contributed by atoms with E-state index in [1.165, 1.54) is 0 Å². The summed E-state index contributed by atoms with van der Waals surface area (Å²) >= 11 is 0. The van der Waals surface area contributed by atoms with Gasteiger partial charge in [-0.15, -0.1) is 0 Å². The summed E-state index contributed by atoms with van der Waals surface area (Å²) in [6, 6.07) is -0.361. The molecular weight excluding hydrogens is 230 g/mol. The van der Waals surface area contributed by atoms with E-state index in [0.29, 0.717) is 12.1 Å². The Hall–Kier alpha value is -1.63. The van der Waals surface area contributed by atoms with Crippen molar-refractivity contribution in [1.29, 1.82) is 0 Å². The van der Waals surface area contributed by atoms with Crippen LogP contribution in [0.3, 0.4) is 0 Å². The molecule has 1 rings (SSSR count). The van der Waals surface area contributed by atoms with E-state index in [-0.39, 0.29) is 6.07 Å². The Kier molecular flexibility index (Phi) is 3.18. The number of nitrogens with two attached hydrogens (primary N) is 1. The van der Waals surface area contributed by atoms with Gasteiger partial charge in [-0.3, -0.25) is 0 Å². The first kappa shape index (κ1) is 12.4. The van der Waals surface area contributed by atoms with Crippen LogP contribution >= 0.6 is 0 Å². The first-order valence-electron chi connectivity index (χ1n) is 4.06. The number of aliphatic carboxylic acids is 1. The molecule has 0 saturated carbocycles. The van der Waals surface area contributed by atoms with E-state index in [0.717, 1.165) is 0 Å².